The van der Waals surface area contributed by atoms with Gasteiger partial charge in [-0.1, -0.05) is 12.1 Å². The molecule has 5 nitrogen and oxygen atoms in total. The third kappa shape index (κ3) is 6.80. The number of methoxy groups -OCH3 is 2. The summed E-state index contributed by atoms with van der Waals surface area (Å²) >= 11 is 0. The van der Waals surface area contributed by atoms with E-state index in [1.807, 2.05) is 26.2 Å². The van der Waals surface area contributed by atoms with Gasteiger partial charge >= 0.3 is 0 Å². The molecule has 124 valence electrons. The van der Waals surface area contributed by atoms with Crippen LogP contribution in [0.3, 0.4) is 0 Å². The molecule has 0 saturated heterocycles. The normalized spacial score (nSPS) is 11.4. The highest BCUT2D eigenvalue weighted by Crippen LogP contribution is 2.12. The van der Waals surface area contributed by atoms with E-state index in [9.17, 15) is 0 Å². The van der Waals surface area contributed by atoms with Crippen molar-refractivity contribution in [3.8, 4) is 5.75 Å². The van der Waals surface area contributed by atoms with Crippen LogP contribution in [0.4, 0.5) is 0 Å². The fraction of sp³-hybridized carbons (Fsp3) is 0.588. The number of guanidine groups is 1. The van der Waals surface area contributed by atoms with E-state index in [1.54, 1.807) is 14.2 Å². The molecule has 0 fully saturated rings. The van der Waals surface area contributed by atoms with Gasteiger partial charge in [0.2, 0.25) is 0 Å². The van der Waals surface area contributed by atoms with Crippen LogP contribution in [-0.4, -0.2) is 52.3 Å². The average molecular weight is 307 g/mol. The average Bonchev–Trinajstić information content (AvgIpc) is 2.55. The summed E-state index contributed by atoms with van der Waals surface area (Å²) in [6.07, 6.45) is 3.40. The van der Waals surface area contributed by atoms with Crippen LogP contribution in [-0.2, 0) is 11.3 Å². The van der Waals surface area contributed by atoms with Gasteiger partial charge in [0.05, 0.1) is 7.11 Å². The molecule has 0 atom stereocenters. The molecule has 0 spiro atoms. The van der Waals surface area contributed by atoms with E-state index in [0.717, 1.165) is 44.2 Å². The maximum absolute atomic E-state index is 5.18. The summed E-state index contributed by atoms with van der Waals surface area (Å²) in [5.74, 6) is 1.80. The van der Waals surface area contributed by atoms with Crippen LogP contribution in [0.5, 0.6) is 5.75 Å². The first-order valence-electron chi connectivity index (χ1n) is 7.75. The van der Waals surface area contributed by atoms with Gasteiger partial charge in [-0.3, -0.25) is 4.99 Å². The summed E-state index contributed by atoms with van der Waals surface area (Å²) in [5, 5.41) is 3.40. The van der Waals surface area contributed by atoms with Crippen LogP contribution >= 0.6 is 0 Å². The molecular weight excluding hydrogens is 278 g/mol. The molecule has 0 aliphatic rings. The molecule has 0 aromatic heterocycles. The van der Waals surface area contributed by atoms with Crippen molar-refractivity contribution in [2.45, 2.75) is 25.8 Å². The lowest BCUT2D eigenvalue weighted by Gasteiger charge is -2.22. The maximum atomic E-state index is 5.18. The Morgan fingerprint density at radius 1 is 1.14 bits per heavy atom. The minimum atomic E-state index is 0.813. The predicted octanol–water partition coefficient (Wildman–Crippen LogP) is 2.52. The van der Waals surface area contributed by atoms with Gasteiger partial charge in [-0.2, -0.15) is 0 Å². The molecule has 0 heterocycles. The Balaban J connectivity index is 2.35. The van der Waals surface area contributed by atoms with Crippen LogP contribution in [0.15, 0.2) is 29.3 Å². The van der Waals surface area contributed by atoms with E-state index in [4.69, 9.17) is 9.47 Å². The van der Waals surface area contributed by atoms with E-state index < -0.39 is 0 Å². The summed E-state index contributed by atoms with van der Waals surface area (Å²) < 4.78 is 10.2. The SMILES string of the molecule is CN=C(NCCCCCOC)N(C)Cc1ccc(OC)cc1. The summed E-state index contributed by atoms with van der Waals surface area (Å²) in [4.78, 5) is 6.46. The highest BCUT2D eigenvalue weighted by Gasteiger charge is 2.06. The number of nitrogens with zero attached hydrogens (tertiary/aromatic N) is 2. The van der Waals surface area contributed by atoms with Crippen molar-refractivity contribution in [3.05, 3.63) is 29.8 Å². The first-order valence-corrected chi connectivity index (χ1v) is 7.75. The smallest absolute Gasteiger partial charge is 0.193 e. The number of nitrogens with one attached hydrogen (secondary N) is 1. The fourth-order valence-electron chi connectivity index (χ4n) is 2.21. The van der Waals surface area contributed by atoms with Crippen LogP contribution < -0.4 is 10.1 Å². The van der Waals surface area contributed by atoms with Gasteiger partial charge in [-0.25, -0.2) is 0 Å². The molecule has 0 unspecified atom stereocenters. The molecule has 0 radical (unpaired) electrons. The largest absolute Gasteiger partial charge is 0.497 e. The second kappa shape index (κ2) is 10.9. The first-order chi connectivity index (χ1) is 10.7. The molecule has 1 aromatic carbocycles. The molecule has 0 aliphatic heterocycles. The number of ether oxygens (including phenoxy) is 2. The molecule has 0 aliphatic carbocycles. The van der Waals surface area contributed by atoms with E-state index in [2.05, 4.69) is 27.3 Å². The third-order valence-electron chi connectivity index (χ3n) is 3.46. The minimum Gasteiger partial charge on any atom is -0.497 e. The van der Waals surface area contributed by atoms with Crippen molar-refractivity contribution in [1.29, 1.82) is 0 Å². The molecule has 22 heavy (non-hydrogen) atoms. The standard InChI is InChI=1S/C17H29N3O2/c1-18-17(19-12-6-5-7-13-21-3)20(2)14-15-8-10-16(22-4)11-9-15/h8-11H,5-7,12-14H2,1-4H3,(H,18,19). The number of aliphatic imine (C=N–C) groups is 1. The Morgan fingerprint density at radius 3 is 2.45 bits per heavy atom. The lowest BCUT2D eigenvalue weighted by molar-refractivity contribution is 0.192. The number of hydrogen-bond donors (Lipinski definition) is 1. The van der Waals surface area contributed by atoms with Crippen molar-refractivity contribution in [3.63, 3.8) is 0 Å². The van der Waals surface area contributed by atoms with Gasteiger partial charge < -0.3 is 19.7 Å². The minimum absolute atomic E-state index is 0.813. The van der Waals surface area contributed by atoms with Crippen molar-refractivity contribution >= 4 is 5.96 Å². The second-order valence-electron chi connectivity index (χ2n) is 5.23. The van der Waals surface area contributed by atoms with Gasteiger partial charge in [0.25, 0.3) is 0 Å². The topological polar surface area (TPSA) is 46.1 Å². The van der Waals surface area contributed by atoms with Crippen molar-refractivity contribution in [1.82, 2.24) is 10.2 Å². The Bertz CT molecular complexity index is 432. The van der Waals surface area contributed by atoms with E-state index in [-0.39, 0.29) is 0 Å². The Labute approximate surface area is 134 Å². The highest BCUT2D eigenvalue weighted by atomic mass is 16.5. The molecule has 1 N–H and O–H groups in total. The first kappa shape index (κ1) is 18.3. The molecule has 0 bridgehead atoms. The van der Waals surface area contributed by atoms with Crippen molar-refractivity contribution < 1.29 is 9.47 Å². The van der Waals surface area contributed by atoms with Crippen LogP contribution in [0.2, 0.25) is 0 Å². The van der Waals surface area contributed by atoms with Gasteiger partial charge in [-0.05, 0) is 37.0 Å². The van der Waals surface area contributed by atoms with Crippen molar-refractivity contribution in [2.24, 2.45) is 4.99 Å². The number of hydrogen-bond acceptors (Lipinski definition) is 3. The quantitative estimate of drug-likeness (QED) is 0.432. The van der Waals surface area contributed by atoms with Gasteiger partial charge in [-0.15, -0.1) is 0 Å². The summed E-state index contributed by atoms with van der Waals surface area (Å²) in [7, 11) is 7.29. The van der Waals surface area contributed by atoms with Gasteiger partial charge in [0.15, 0.2) is 5.96 Å². The van der Waals surface area contributed by atoms with E-state index in [0.29, 0.717) is 0 Å². The van der Waals surface area contributed by atoms with Crippen molar-refractivity contribution in [2.75, 3.05) is 41.5 Å². The number of rotatable bonds is 9. The number of benzene rings is 1. The Morgan fingerprint density at radius 2 is 1.86 bits per heavy atom. The lowest BCUT2D eigenvalue weighted by Crippen LogP contribution is -2.38. The van der Waals surface area contributed by atoms with Crippen LogP contribution in [0.25, 0.3) is 0 Å². The zero-order chi connectivity index (χ0) is 16.2. The third-order valence-corrected chi connectivity index (χ3v) is 3.46. The fourth-order valence-corrected chi connectivity index (χ4v) is 2.21. The lowest BCUT2D eigenvalue weighted by atomic mass is 10.2. The Hall–Kier alpha value is -1.75. The molecule has 5 heteroatoms. The zero-order valence-electron chi connectivity index (χ0n) is 14.3. The molecule has 1 aromatic rings. The van der Waals surface area contributed by atoms with Gasteiger partial charge in [0.1, 0.15) is 5.75 Å². The number of unbranched alkanes of at least 4 members (excludes halogenated alkanes) is 2. The molecule has 1 rings (SSSR count). The highest BCUT2D eigenvalue weighted by molar-refractivity contribution is 5.79. The summed E-state index contributed by atoms with van der Waals surface area (Å²) in [6.45, 7) is 2.59. The predicted molar refractivity (Wildman–Crippen MR) is 91.5 cm³/mol. The molecule has 0 amide bonds. The monoisotopic (exact) mass is 307 g/mol. The van der Waals surface area contributed by atoms with Gasteiger partial charge in [0, 0.05) is 40.9 Å². The van der Waals surface area contributed by atoms with E-state index in [1.165, 1.54) is 12.0 Å². The second-order valence-corrected chi connectivity index (χ2v) is 5.23. The van der Waals surface area contributed by atoms with E-state index >= 15 is 0 Å². The Kier molecular flexibility index (Phi) is 9.07. The maximum Gasteiger partial charge on any atom is 0.193 e. The molecule has 0 saturated carbocycles. The van der Waals surface area contributed by atoms with Crippen LogP contribution in [0, 0.1) is 0 Å². The molecular formula is C17H29N3O2. The summed E-state index contributed by atoms with van der Waals surface area (Å²) in [5.41, 5.74) is 1.23. The zero-order valence-corrected chi connectivity index (χ0v) is 14.3. The summed E-state index contributed by atoms with van der Waals surface area (Å²) in [6, 6.07) is 8.12. The van der Waals surface area contributed by atoms with Crippen LogP contribution in [0.1, 0.15) is 24.8 Å².